The summed E-state index contributed by atoms with van der Waals surface area (Å²) in [5.41, 5.74) is 12.8. The highest BCUT2D eigenvalue weighted by Crippen LogP contribution is 2.61. The van der Waals surface area contributed by atoms with Crippen molar-refractivity contribution >= 4 is 205 Å². The van der Waals surface area contributed by atoms with E-state index in [2.05, 4.69) is 368 Å². The summed E-state index contributed by atoms with van der Waals surface area (Å²) in [5, 5.41) is 27.6. The Hall–Kier alpha value is -11.4. The van der Waals surface area contributed by atoms with E-state index in [0.717, 1.165) is 172 Å². The summed E-state index contributed by atoms with van der Waals surface area (Å²) in [7, 11) is 2.15. The third-order valence-corrected chi connectivity index (χ3v) is 33.5. The van der Waals surface area contributed by atoms with Gasteiger partial charge in [0.1, 0.15) is 28.5 Å². The van der Waals surface area contributed by atoms with Crippen LogP contribution >= 0.6 is 67.8 Å². The largest absolute Gasteiger partial charge is 0.480 e. The number of carbonyl (C=O) groups is 4. The van der Waals surface area contributed by atoms with Crippen LogP contribution in [0.1, 0.15) is 154 Å². The van der Waals surface area contributed by atoms with Crippen molar-refractivity contribution in [2.75, 3.05) is 145 Å². The number of carbonyl (C=O) groups excluding carboxylic acids is 2. The molecule has 0 amide bonds. The maximum atomic E-state index is 12.2. The molecule has 0 bridgehead atoms. The average molecular weight is 2320 g/mol. The molecule has 4 unspecified atom stereocenters. The van der Waals surface area contributed by atoms with Gasteiger partial charge >= 0.3 is 23.9 Å². The zero-order chi connectivity index (χ0) is 104. The monoisotopic (exact) mass is 2320 g/mol. The molecule has 2 N–H and O–H groups in total. The van der Waals surface area contributed by atoms with Crippen LogP contribution in [-0.4, -0.2) is 227 Å². The molecular weight excluding hydrogens is 2190 g/mol. The Morgan fingerprint density at radius 1 is 0.361 bits per heavy atom. The fraction of sp³-hybridized carbons (Fsp3) is 0.395. The number of para-hydroxylation sites is 3. The quantitative estimate of drug-likeness (QED) is 0.0168. The minimum atomic E-state index is -1.07. The smallest absolute Gasteiger partial charge is 0.317 e. The highest BCUT2D eigenvalue weighted by Gasteiger charge is 2.64. The fourth-order valence-electron chi connectivity index (χ4n) is 22.7. The third kappa shape index (κ3) is 20.1. The molecule has 4 atom stereocenters. The molecule has 147 heavy (non-hydrogen) atoms. The molecule has 770 valence electrons. The van der Waals surface area contributed by atoms with Gasteiger partial charge in [0.15, 0.2) is 17.2 Å². The Morgan fingerprint density at radius 3 is 1.14 bits per heavy atom. The van der Waals surface area contributed by atoms with E-state index in [4.69, 9.17) is 53.1 Å². The van der Waals surface area contributed by atoms with Gasteiger partial charge in [-0.3, -0.25) is 48.9 Å². The molecule has 12 aromatic carbocycles. The predicted molar refractivity (Wildman–Crippen MR) is 619 cm³/mol. The van der Waals surface area contributed by atoms with Gasteiger partial charge in [-0.15, -0.1) is 0 Å². The van der Waals surface area contributed by atoms with Crippen molar-refractivity contribution in [3.8, 4) is 23.0 Å². The molecule has 12 aromatic rings. The van der Waals surface area contributed by atoms with Crippen LogP contribution in [0.5, 0.6) is 23.0 Å². The second kappa shape index (κ2) is 44.8. The minimum Gasteiger partial charge on any atom is -0.480 e. The number of ether oxygens (including phenoxy) is 7. The molecule has 8 heterocycles. The zero-order valence-electron chi connectivity index (χ0n) is 87.0. The maximum absolute atomic E-state index is 12.2. The lowest BCUT2D eigenvalue weighted by molar-refractivity contribution is -0.144. The van der Waals surface area contributed by atoms with E-state index in [1.165, 1.54) is 54.9 Å². The van der Waals surface area contributed by atoms with Gasteiger partial charge < -0.3 is 72.8 Å². The Balaban J connectivity index is 0.000000135. The molecular formula is C119H135I3N12O13. The lowest BCUT2D eigenvalue weighted by Gasteiger charge is -2.47. The first-order chi connectivity index (χ1) is 70.8. The number of carboxylic acid groups (broad SMARTS) is 2. The first-order valence-corrected chi connectivity index (χ1v) is 55.9. The normalized spacial score (nSPS) is 19.3. The molecule has 0 aromatic heterocycles. The number of hydrogen-bond donors (Lipinski definition) is 2. The van der Waals surface area contributed by atoms with Gasteiger partial charge in [0, 0.05) is 140 Å². The fourth-order valence-corrected chi connectivity index (χ4v) is 24.4. The number of aliphatic carboxylic acids is 2. The molecule has 0 saturated carbocycles. The highest BCUT2D eigenvalue weighted by molar-refractivity contribution is 14.1. The number of alkyl halides is 3. The van der Waals surface area contributed by atoms with Crippen LogP contribution in [0.15, 0.2) is 238 Å². The molecule has 0 radical (unpaired) electrons. The number of nitrogens with zero attached hydrogens (tertiary/aromatic N) is 12. The second-order valence-electron chi connectivity index (χ2n) is 40.5. The second-order valence-corrected chi connectivity index (χ2v) is 42.8. The molecule has 0 aliphatic carbocycles. The molecule has 28 heteroatoms. The number of likely N-dealkylation sites (N-methyl/N-ethyl adjacent to an activating group) is 2. The van der Waals surface area contributed by atoms with E-state index in [1.807, 2.05) is 67.3 Å². The summed E-state index contributed by atoms with van der Waals surface area (Å²) in [4.78, 5) is 85.0. The van der Waals surface area contributed by atoms with E-state index in [0.29, 0.717) is 52.5 Å². The average Bonchev–Trinajstić information content (AvgIpc) is 1.56. The molecule has 0 fully saturated rings. The van der Waals surface area contributed by atoms with E-state index in [-0.39, 0.29) is 55.2 Å². The number of aliphatic imine (C=N–C) groups is 4. The summed E-state index contributed by atoms with van der Waals surface area (Å²) in [6.45, 7) is 41.1. The summed E-state index contributed by atoms with van der Waals surface area (Å²) in [5.74, 6) is 0.687. The van der Waals surface area contributed by atoms with E-state index < -0.39 is 45.7 Å². The van der Waals surface area contributed by atoms with E-state index in [9.17, 15) is 29.4 Å². The first kappa shape index (κ1) is 107. The van der Waals surface area contributed by atoms with Crippen LogP contribution in [0.4, 0.5) is 45.5 Å². The number of hydrogen-bond acceptors (Lipinski definition) is 23. The maximum Gasteiger partial charge on any atom is 0.317 e. The van der Waals surface area contributed by atoms with Gasteiger partial charge in [-0.25, -0.2) is 0 Å². The van der Waals surface area contributed by atoms with Gasteiger partial charge in [-0.2, -0.15) is 0 Å². The Kier molecular flexibility index (Phi) is 32.6. The van der Waals surface area contributed by atoms with Crippen molar-refractivity contribution in [2.24, 2.45) is 20.0 Å². The topological polar surface area (TPSA) is 249 Å². The first-order valence-electron chi connectivity index (χ1n) is 51.3. The summed E-state index contributed by atoms with van der Waals surface area (Å²) in [6.07, 6.45) is 8.43. The van der Waals surface area contributed by atoms with Crippen molar-refractivity contribution in [2.45, 2.75) is 174 Å². The highest BCUT2D eigenvalue weighted by atomic mass is 127. The van der Waals surface area contributed by atoms with Gasteiger partial charge in [0.25, 0.3) is 0 Å². The lowest BCUT2D eigenvalue weighted by Crippen LogP contribution is -2.63. The van der Waals surface area contributed by atoms with Crippen LogP contribution in [0.3, 0.4) is 0 Å². The number of fused-ring (bicyclic) bond motifs is 16. The van der Waals surface area contributed by atoms with Crippen LogP contribution < -0.4 is 38.5 Å². The zero-order valence-corrected chi connectivity index (χ0v) is 93.4. The number of carboxylic acids is 2. The van der Waals surface area contributed by atoms with E-state index >= 15 is 0 Å². The van der Waals surface area contributed by atoms with Gasteiger partial charge in [-0.05, 0) is 193 Å². The number of rotatable bonds is 33. The van der Waals surface area contributed by atoms with Crippen LogP contribution in [-0.2, 0) is 74.9 Å². The summed E-state index contributed by atoms with van der Waals surface area (Å²) >= 11 is 7.17. The lowest BCUT2D eigenvalue weighted by atomic mass is 9.77. The van der Waals surface area contributed by atoms with Gasteiger partial charge in [0.05, 0.1) is 98.9 Å². The molecule has 0 saturated heterocycles. The van der Waals surface area contributed by atoms with Crippen LogP contribution in [0, 0.1) is 0 Å². The SMILES string of the molecule is CC1(C)c2ccccc2N(CCN(CC(=O)O)CC(=O)O)C12C=Nc1c(c(CI)cc3ccccc13)O2.CCN(CC)CCOCCN1c2ccccc2C(C)(C)C12C=Nc1c(ccc3ccccc13)O2.CCN(CC)Cc1ccc2c(c1)N(C)C1(C=Nc3c(c(CI)cc4ccccc34)O1)C2(C)C.CCOC(=O)CCN(CCC(=O)OCC)CCN1c2ccccc2C(C)(C)C12C=Nc1c(c(CI)cc3ccccc13)O2. The van der Waals surface area contributed by atoms with Crippen LogP contribution in [0.25, 0.3) is 43.1 Å². The van der Waals surface area contributed by atoms with Crippen molar-refractivity contribution in [3.05, 3.63) is 263 Å². The Bertz CT molecular complexity index is 7010. The third-order valence-electron chi connectivity index (χ3n) is 31.0. The number of anilines is 4. The molecule has 25 nitrogen and oxygen atoms in total. The number of halogens is 3. The summed E-state index contributed by atoms with van der Waals surface area (Å²) in [6, 6.07) is 76.1. The van der Waals surface area contributed by atoms with Crippen molar-refractivity contribution in [1.82, 2.24) is 19.6 Å². The molecule has 20 rings (SSSR count). The number of benzene rings is 12. The molecule has 4 spiro atoms. The number of esters is 2. The van der Waals surface area contributed by atoms with Crippen molar-refractivity contribution in [1.29, 1.82) is 0 Å². The van der Waals surface area contributed by atoms with E-state index in [1.54, 1.807) is 13.8 Å². The van der Waals surface area contributed by atoms with Gasteiger partial charge in [0.2, 0.25) is 22.9 Å². The molecule has 8 aliphatic heterocycles. The Labute approximate surface area is 904 Å². The Morgan fingerprint density at radius 2 is 0.721 bits per heavy atom. The minimum absolute atomic E-state index is 0.228. The summed E-state index contributed by atoms with van der Waals surface area (Å²) < 4.78 is 47.1. The molecule has 8 aliphatic rings. The van der Waals surface area contributed by atoms with Crippen molar-refractivity contribution < 1.29 is 62.5 Å². The van der Waals surface area contributed by atoms with Crippen LogP contribution in [0.2, 0.25) is 0 Å². The van der Waals surface area contributed by atoms with Crippen molar-refractivity contribution in [3.63, 3.8) is 0 Å². The predicted octanol–water partition coefficient (Wildman–Crippen LogP) is 24.0. The standard InChI is InChI=1S/C34H40IN3O5.C29H35N3O2.C28H28IN3O5.C28H32IN3O/c1-5-41-29(39)15-17-37(18-16-30(40)42-6-2)19-20-38-28-14-10-9-13-27(28)33(3,4)34(38)23-36-31-26-12-8-7-11-24(26)21-25(22-35)32(31)43-34;1-5-31(6-2)17-19-33-20-18-32-25-14-10-9-13-24(25)28(3,4)29(32)21-30-27-23-12-8-7-11-22(23)15-16-26(27)34-29;1-27(2)21-9-5-6-10-22(21)32(12-11-31(15-23(33)34)16-24(35)36)28(27)17-30-25-20-8-4-3-7-18(20)13-19(14-29)26(25)37-28;1-6-32(7-2)17-19-12-13-23-24(14-19)31(5)28(27(23,3)4)18-30-25-22-11-9-8-10-20(22)15-21(16-29)26(25)33-28/h7-14,21,23H,5-6,15-20,22H2,1-4H3;7-16,21H,5-6,17-20H2,1-4H3;3-10,13,17H,11-12,14-16H2,1-2H3,(H,33,34)(H,35,36);8-15,18H,6-7,16-17H2,1-5H3. The van der Waals surface area contributed by atoms with Gasteiger partial charge in [-0.1, -0.05) is 265 Å².